The van der Waals surface area contributed by atoms with Crippen molar-refractivity contribution in [1.29, 1.82) is 0 Å². The van der Waals surface area contributed by atoms with E-state index in [0.717, 1.165) is 44.0 Å². The number of nitrogens with one attached hydrogen (secondary N) is 1. The standard InChI is InChI=1S/C25H32ClN3O/c26-24-9-7-22(8-10-24)19-29-15-11-23(12-16-29)25(30)27-17-20-3-5-21(6-4-20)18-28-13-1-2-14-28/h3-10,23H,1-2,11-19H2,(H,27,30). The van der Waals surface area contributed by atoms with Crippen LogP contribution in [-0.2, 0) is 24.4 Å². The summed E-state index contributed by atoms with van der Waals surface area (Å²) in [6, 6.07) is 16.8. The first kappa shape index (κ1) is 21.4. The zero-order valence-corrected chi connectivity index (χ0v) is 18.4. The van der Waals surface area contributed by atoms with Crippen molar-refractivity contribution in [3.63, 3.8) is 0 Å². The van der Waals surface area contributed by atoms with Crippen LogP contribution >= 0.6 is 11.6 Å². The molecule has 1 N–H and O–H groups in total. The van der Waals surface area contributed by atoms with Gasteiger partial charge in [-0.2, -0.15) is 0 Å². The zero-order valence-electron chi connectivity index (χ0n) is 17.7. The van der Waals surface area contributed by atoms with Crippen molar-refractivity contribution in [1.82, 2.24) is 15.1 Å². The molecule has 0 bridgehead atoms. The van der Waals surface area contributed by atoms with Gasteiger partial charge in [0.2, 0.25) is 5.91 Å². The van der Waals surface area contributed by atoms with Gasteiger partial charge in [-0.15, -0.1) is 0 Å². The number of rotatable bonds is 7. The third-order valence-corrected chi connectivity index (χ3v) is 6.62. The molecule has 0 saturated carbocycles. The molecule has 30 heavy (non-hydrogen) atoms. The molecule has 2 aliphatic rings. The van der Waals surface area contributed by atoms with Gasteiger partial charge in [0.05, 0.1) is 0 Å². The molecule has 2 aliphatic heterocycles. The third-order valence-electron chi connectivity index (χ3n) is 6.37. The zero-order chi connectivity index (χ0) is 20.8. The highest BCUT2D eigenvalue weighted by atomic mass is 35.5. The van der Waals surface area contributed by atoms with Crippen LogP contribution in [0.25, 0.3) is 0 Å². The molecule has 2 aromatic carbocycles. The van der Waals surface area contributed by atoms with Gasteiger partial charge in [-0.05, 0) is 80.7 Å². The minimum Gasteiger partial charge on any atom is -0.352 e. The van der Waals surface area contributed by atoms with Gasteiger partial charge in [0.25, 0.3) is 0 Å². The summed E-state index contributed by atoms with van der Waals surface area (Å²) in [4.78, 5) is 17.6. The summed E-state index contributed by atoms with van der Waals surface area (Å²) in [6.07, 6.45) is 4.50. The molecule has 0 aliphatic carbocycles. The maximum Gasteiger partial charge on any atom is 0.223 e. The van der Waals surface area contributed by atoms with E-state index in [1.165, 1.54) is 42.6 Å². The number of nitrogens with zero attached hydrogens (tertiary/aromatic N) is 2. The molecular formula is C25H32ClN3O. The summed E-state index contributed by atoms with van der Waals surface area (Å²) >= 11 is 5.96. The number of piperidine rings is 1. The molecule has 1 amide bonds. The van der Waals surface area contributed by atoms with E-state index in [-0.39, 0.29) is 11.8 Å². The van der Waals surface area contributed by atoms with Crippen LogP contribution in [0.4, 0.5) is 0 Å². The first-order valence-electron chi connectivity index (χ1n) is 11.2. The number of amides is 1. The summed E-state index contributed by atoms with van der Waals surface area (Å²) in [5.41, 5.74) is 3.81. The van der Waals surface area contributed by atoms with Gasteiger partial charge >= 0.3 is 0 Å². The summed E-state index contributed by atoms with van der Waals surface area (Å²) < 4.78 is 0. The summed E-state index contributed by atoms with van der Waals surface area (Å²) in [6.45, 7) is 6.95. The summed E-state index contributed by atoms with van der Waals surface area (Å²) in [7, 11) is 0. The maximum atomic E-state index is 12.6. The Balaban J connectivity index is 1.18. The number of hydrogen-bond donors (Lipinski definition) is 1. The average molecular weight is 426 g/mol. The molecule has 2 saturated heterocycles. The molecule has 2 heterocycles. The quantitative estimate of drug-likeness (QED) is 0.711. The van der Waals surface area contributed by atoms with Crippen LogP contribution in [0, 0.1) is 5.92 Å². The Labute approximate surface area is 185 Å². The fourth-order valence-electron chi connectivity index (χ4n) is 4.50. The van der Waals surface area contributed by atoms with Crippen LogP contribution in [0.1, 0.15) is 42.4 Å². The van der Waals surface area contributed by atoms with E-state index in [9.17, 15) is 4.79 Å². The van der Waals surface area contributed by atoms with E-state index in [0.29, 0.717) is 6.54 Å². The van der Waals surface area contributed by atoms with Crippen molar-refractivity contribution in [2.75, 3.05) is 26.2 Å². The first-order valence-corrected chi connectivity index (χ1v) is 11.6. The lowest BCUT2D eigenvalue weighted by Gasteiger charge is -2.31. The molecule has 2 fully saturated rings. The molecular weight excluding hydrogens is 394 g/mol. The van der Waals surface area contributed by atoms with Gasteiger partial charge < -0.3 is 5.32 Å². The SMILES string of the molecule is O=C(NCc1ccc(CN2CCCC2)cc1)C1CCN(Cc2ccc(Cl)cc2)CC1. The molecule has 0 aromatic heterocycles. The second-order valence-electron chi connectivity index (χ2n) is 8.69. The van der Waals surface area contributed by atoms with Gasteiger partial charge in [-0.1, -0.05) is 48.0 Å². The number of carbonyl (C=O) groups excluding carboxylic acids is 1. The van der Waals surface area contributed by atoms with Gasteiger partial charge in [0, 0.05) is 30.6 Å². The van der Waals surface area contributed by atoms with E-state index in [1.807, 2.05) is 12.1 Å². The van der Waals surface area contributed by atoms with E-state index in [2.05, 4.69) is 51.5 Å². The molecule has 0 unspecified atom stereocenters. The van der Waals surface area contributed by atoms with Crippen LogP contribution in [0.15, 0.2) is 48.5 Å². The predicted octanol–water partition coefficient (Wildman–Crippen LogP) is 4.46. The van der Waals surface area contributed by atoms with E-state index >= 15 is 0 Å². The normalized spacial score (nSPS) is 18.6. The molecule has 0 radical (unpaired) electrons. The molecule has 160 valence electrons. The third kappa shape index (κ3) is 6.07. The molecule has 0 atom stereocenters. The second-order valence-corrected chi connectivity index (χ2v) is 9.13. The van der Waals surface area contributed by atoms with Crippen molar-refractivity contribution in [3.8, 4) is 0 Å². The Morgan fingerprint density at radius 3 is 1.90 bits per heavy atom. The van der Waals surface area contributed by atoms with Gasteiger partial charge in [-0.25, -0.2) is 0 Å². The van der Waals surface area contributed by atoms with Crippen LogP contribution in [0.3, 0.4) is 0 Å². The number of carbonyl (C=O) groups is 1. The number of likely N-dealkylation sites (tertiary alicyclic amines) is 2. The van der Waals surface area contributed by atoms with Crippen LogP contribution in [0.2, 0.25) is 5.02 Å². The fraction of sp³-hybridized carbons (Fsp3) is 0.480. The Morgan fingerprint density at radius 2 is 1.30 bits per heavy atom. The van der Waals surface area contributed by atoms with Crippen LogP contribution in [-0.4, -0.2) is 41.9 Å². The molecule has 4 rings (SSSR count). The van der Waals surface area contributed by atoms with Gasteiger partial charge in [0.1, 0.15) is 0 Å². The largest absolute Gasteiger partial charge is 0.352 e. The average Bonchev–Trinajstić information content (AvgIpc) is 3.28. The molecule has 5 heteroatoms. The smallest absolute Gasteiger partial charge is 0.223 e. The van der Waals surface area contributed by atoms with Gasteiger partial charge in [0.15, 0.2) is 0 Å². The lowest BCUT2D eigenvalue weighted by Crippen LogP contribution is -2.40. The van der Waals surface area contributed by atoms with E-state index < -0.39 is 0 Å². The van der Waals surface area contributed by atoms with Crippen molar-refractivity contribution in [3.05, 3.63) is 70.2 Å². The number of hydrogen-bond acceptors (Lipinski definition) is 3. The number of halogens is 1. The first-order chi connectivity index (χ1) is 14.7. The molecule has 0 spiro atoms. The topological polar surface area (TPSA) is 35.6 Å². The van der Waals surface area contributed by atoms with Gasteiger partial charge in [-0.3, -0.25) is 14.6 Å². The van der Waals surface area contributed by atoms with E-state index in [4.69, 9.17) is 11.6 Å². The van der Waals surface area contributed by atoms with Crippen LogP contribution < -0.4 is 5.32 Å². The highest BCUT2D eigenvalue weighted by molar-refractivity contribution is 6.30. The lowest BCUT2D eigenvalue weighted by molar-refractivity contribution is -0.126. The monoisotopic (exact) mass is 425 g/mol. The maximum absolute atomic E-state index is 12.6. The minimum atomic E-state index is 0.126. The lowest BCUT2D eigenvalue weighted by atomic mass is 9.95. The fourth-order valence-corrected chi connectivity index (χ4v) is 4.62. The second kappa shape index (κ2) is 10.4. The molecule has 2 aromatic rings. The van der Waals surface area contributed by atoms with Crippen molar-refractivity contribution < 1.29 is 4.79 Å². The predicted molar refractivity (Wildman–Crippen MR) is 122 cm³/mol. The Hall–Kier alpha value is -1.88. The Morgan fingerprint density at radius 1 is 0.800 bits per heavy atom. The van der Waals surface area contributed by atoms with Crippen molar-refractivity contribution in [2.45, 2.75) is 45.3 Å². The number of benzene rings is 2. The summed E-state index contributed by atoms with van der Waals surface area (Å²) in [5.74, 6) is 0.322. The highest BCUT2D eigenvalue weighted by Crippen LogP contribution is 2.20. The van der Waals surface area contributed by atoms with Crippen molar-refractivity contribution >= 4 is 17.5 Å². The highest BCUT2D eigenvalue weighted by Gasteiger charge is 2.24. The van der Waals surface area contributed by atoms with Crippen molar-refractivity contribution in [2.24, 2.45) is 5.92 Å². The molecule has 4 nitrogen and oxygen atoms in total. The van der Waals surface area contributed by atoms with Crippen LogP contribution in [0.5, 0.6) is 0 Å². The Bertz CT molecular complexity index is 807. The Kier molecular flexibility index (Phi) is 7.42. The minimum absolute atomic E-state index is 0.126. The van der Waals surface area contributed by atoms with E-state index in [1.54, 1.807) is 0 Å². The summed E-state index contributed by atoms with van der Waals surface area (Å²) in [5, 5.41) is 3.92.